The van der Waals surface area contributed by atoms with E-state index in [1.165, 1.54) is 0 Å². The number of rotatable bonds is 0. The molecule has 0 bridgehead atoms. The van der Waals surface area contributed by atoms with Gasteiger partial charge in [0, 0.05) is 135 Å². The summed E-state index contributed by atoms with van der Waals surface area (Å²) in [6.45, 7) is 0. The van der Waals surface area contributed by atoms with Crippen molar-refractivity contribution in [1.29, 1.82) is 0 Å². The summed E-state index contributed by atoms with van der Waals surface area (Å²) in [5.74, 6) is 0. The van der Waals surface area contributed by atoms with E-state index in [9.17, 15) is 50.4 Å². The molecule has 0 saturated carbocycles. The Morgan fingerprint density at radius 1 is 0.250 bits per heavy atom. The first-order valence-electron chi connectivity index (χ1n) is 2.27. The molecular weight excluding hydrogens is 1130 g/mol. The Morgan fingerprint density at radius 3 is 0.250 bits per heavy atom. The molecule has 0 radical (unpaired) electrons. The molecule has 0 rings (SSSR count). The maximum absolute atomic E-state index is 9.77. The van der Waals surface area contributed by atoms with Crippen molar-refractivity contribution >= 4 is 35.4 Å². The average Bonchev–Trinajstić information content (AvgIpc) is 1.76. The fourth-order valence-corrected chi connectivity index (χ4v) is 0. The fraction of sp³-hybridized carbons (Fsp3) is 0. The van der Waals surface area contributed by atoms with Crippen molar-refractivity contribution in [2.75, 3.05) is 0 Å². The van der Waals surface area contributed by atoms with Gasteiger partial charge < -0.3 is 0 Å². The van der Waals surface area contributed by atoms with Crippen molar-refractivity contribution in [3.05, 3.63) is 0 Å². The van der Waals surface area contributed by atoms with Gasteiger partial charge in [0.2, 0.25) is 0 Å². The van der Waals surface area contributed by atoms with Gasteiger partial charge in [-0.1, -0.05) is 0 Å². The second kappa shape index (κ2) is 43.3. The molecule has 0 aliphatic heterocycles. The van der Waals surface area contributed by atoms with Crippen LogP contribution in [0.5, 0.6) is 0 Å². The second-order valence-electron chi connectivity index (χ2n) is 0.857. The Morgan fingerprint density at radius 2 is 0.250 bits per heavy atom. The zero-order valence-corrected chi connectivity index (χ0v) is 20.9. The first-order valence-corrected chi connectivity index (χ1v) is 6.80. The molecule has 0 aliphatic rings. The van der Waals surface area contributed by atoms with E-state index in [1.807, 2.05) is 0 Å². The number of hydrogen-bond donors (Lipinski definition) is 0. The number of hydrogen-bond acceptors (Lipinski definition) is 0. The van der Waals surface area contributed by atoms with Crippen LogP contribution in [0, 0.1) is 0 Å². The summed E-state index contributed by atoms with van der Waals surface area (Å²) in [6, 6.07) is 0. The quantitative estimate of drug-likeness (QED) is 0.176. The van der Waals surface area contributed by atoms with Gasteiger partial charge in [-0.2, -0.15) is 0 Å². The molecule has 0 spiro atoms. The zero-order chi connectivity index (χ0) is 14.3. The molecule has 0 amide bonds. The van der Waals surface area contributed by atoms with Crippen molar-refractivity contribution in [3.63, 3.8) is 0 Å². The molecule has 0 aliphatic carbocycles. The third-order valence-electron chi connectivity index (χ3n) is 0. The van der Waals surface area contributed by atoms with Crippen LogP contribution in [0.2, 0.25) is 0 Å². The van der Waals surface area contributed by atoms with Gasteiger partial charge in [0.25, 0.3) is 0 Å². The summed E-state index contributed by atoms with van der Waals surface area (Å²) in [5.41, 5.74) is 0. The summed E-state index contributed by atoms with van der Waals surface area (Å²) in [7, 11) is -17.5. The SMILES string of the molecule is F[PH+](F)F.F[PH+](F)F.F[PH+](F)F.F[PH+](F)F.[Pt].[Pt].[Pt].[Pt]. The molecule has 144 valence electrons. The van der Waals surface area contributed by atoms with Crippen LogP contribution in [0.25, 0.3) is 0 Å². The van der Waals surface area contributed by atoms with E-state index in [0.717, 1.165) is 0 Å². The molecule has 0 atom stereocenters. The Balaban J connectivity index is -0.0000000150. The second-order valence-corrected chi connectivity index (χ2v) is 2.57. The molecule has 0 fully saturated rings. The Kier molecular flexibility index (Phi) is 107. The van der Waals surface area contributed by atoms with Crippen molar-refractivity contribution in [2.45, 2.75) is 0 Å². The maximum Gasteiger partial charge on any atom is 0.558 e. The van der Waals surface area contributed by atoms with E-state index in [2.05, 4.69) is 0 Å². The van der Waals surface area contributed by atoms with Gasteiger partial charge in [-0.25, -0.2) is 0 Å². The van der Waals surface area contributed by atoms with Crippen LogP contribution in [-0.4, -0.2) is 0 Å². The van der Waals surface area contributed by atoms with Gasteiger partial charge >= 0.3 is 35.4 Å². The molecule has 0 aromatic heterocycles. The topological polar surface area (TPSA) is 0 Å². The van der Waals surface area contributed by atoms with Crippen LogP contribution in [0.15, 0.2) is 0 Å². The van der Waals surface area contributed by atoms with Gasteiger partial charge in [-0.15, -0.1) is 0 Å². The van der Waals surface area contributed by atoms with Gasteiger partial charge in [0.1, 0.15) is 0 Å². The fourth-order valence-electron chi connectivity index (χ4n) is 0. The van der Waals surface area contributed by atoms with E-state index in [-0.39, 0.29) is 84.3 Å². The van der Waals surface area contributed by atoms with Crippen molar-refractivity contribution in [3.8, 4) is 0 Å². The van der Waals surface area contributed by atoms with Gasteiger partial charge in [0.15, 0.2) is 0 Å². The molecular formula is H4F12P4Pt4+4. The van der Waals surface area contributed by atoms with Gasteiger partial charge in [-0.05, 0) is 0 Å². The van der Waals surface area contributed by atoms with Crippen molar-refractivity contribution in [2.24, 2.45) is 0 Å². The molecule has 20 heteroatoms. The molecule has 0 unspecified atom stereocenters. The third-order valence-corrected chi connectivity index (χ3v) is 0. The summed E-state index contributed by atoms with van der Waals surface area (Å²) >= 11 is 0. The standard InChI is InChI=1S/4F3HP.4Pt/c4*1-4(2)3;;;;/h4*4H;;;;/q4*+1;;;;. The predicted molar refractivity (Wildman–Crippen MR) is 46.6 cm³/mol. The Hall–Kier alpha value is 3.63. The minimum absolute atomic E-state index is 0. The first kappa shape index (κ1) is 49.5. The molecule has 0 heterocycles. The van der Waals surface area contributed by atoms with Gasteiger partial charge in [-0.3, -0.25) is 0 Å². The molecule has 0 aromatic rings. The Labute approximate surface area is 168 Å². The average molecular weight is 1140 g/mol. The van der Waals surface area contributed by atoms with E-state index in [0.29, 0.717) is 0 Å². The molecule has 0 saturated heterocycles. The van der Waals surface area contributed by atoms with Crippen molar-refractivity contribution < 1.29 is 135 Å². The van der Waals surface area contributed by atoms with Crippen LogP contribution in [0.1, 0.15) is 0 Å². The number of halogens is 12. The molecule has 0 nitrogen and oxygen atoms in total. The largest absolute Gasteiger partial charge is 0.558 e. The first-order chi connectivity index (χ1) is 6.93. The predicted octanol–water partition coefficient (Wildman–Crippen LogP) is 7.41. The third kappa shape index (κ3) is 698. The van der Waals surface area contributed by atoms with E-state index in [4.69, 9.17) is 0 Å². The van der Waals surface area contributed by atoms with Crippen LogP contribution in [-0.2, 0) is 84.3 Å². The molecule has 0 N–H and O–H groups in total. The van der Waals surface area contributed by atoms with Crippen LogP contribution < -0.4 is 0 Å². The summed E-state index contributed by atoms with van der Waals surface area (Å²) in [4.78, 5) is 0. The Bertz CT molecular complexity index is 70.4. The monoisotopic (exact) mass is 1140 g/mol. The molecule has 0 aromatic carbocycles. The van der Waals surface area contributed by atoms with Crippen LogP contribution in [0.3, 0.4) is 0 Å². The van der Waals surface area contributed by atoms with E-state index < -0.39 is 35.4 Å². The van der Waals surface area contributed by atoms with E-state index >= 15 is 0 Å². The minimum Gasteiger partial charge on any atom is 0 e. The minimum atomic E-state index is -4.38. The maximum atomic E-state index is 9.77. The summed E-state index contributed by atoms with van der Waals surface area (Å²) < 4.78 is 117. The van der Waals surface area contributed by atoms with Crippen LogP contribution in [0.4, 0.5) is 50.4 Å². The zero-order valence-electron chi connectivity index (χ0n) is 7.80. The van der Waals surface area contributed by atoms with Crippen LogP contribution >= 0.6 is 35.4 Å². The van der Waals surface area contributed by atoms with E-state index in [1.54, 1.807) is 0 Å². The summed E-state index contributed by atoms with van der Waals surface area (Å²) in [5, 5.41) is 0. The smallest absolute Gasteiger partial charge is 0 e. The van der Waals surface area contributed by atoms with Gasteiger partial charge in [0.05, 0.1) is 0 Å². The van der Waals surface area contributed by atoms with Crippen molar-refractivity contribution in [1.82, 2.24) is 0 Å². The normalized spacial score (nSPS) is 7.20. The molecule has 20 heavy (non-hydrogen) atoms. The summed E-state index contributed by atoms with van der Waals surface area (Å²) in [6.07, 6.45) is 0.